The maximum absolute atomic E-state index is 12.4. The quantitative estimate of drug-likeness (QED) is 0.626. The van der Waals surface area contributed by atoms with Gasteiger partial charge in [-0.3, -0.25) is 4.90 Å². The van der Waals surface area contributed by atoms with E-state index in [4.69, 9.17) is 28.0 Å². The lowest BCUT2D eigenvalue weighted by atomic mass is 9.88. The number of benzene rings is 2. The Morgan fingerprint density at radius 1 is 1.23 bits per heavy atom. The topological polar surface area (TPSA) is 53.9 Å². The molecule has 0 aromatic heterocycles. The van der Waals surface area contributed by atoms with Crippen LogP contribution in [0.2, 0.25) is 10.0 Å². The van der Waals surface area contributed by atoms with Crippen LogP contribution in [0, 0.1) is 0 Å². The average Bonchev–Trinajstić information content (AvgIpc) is 3.29. The van der Waals surface area contributed by atoms with Gasteiger partial charge in [-0.2, -0.15) is 13.2 Å². The molecule has 0 bridgehead atoms. The maximum atomic E-state index is 12.4. The molecule has 2 amide bonds. The first kappa shape index (κ1) is 21.8. The van der Waals surface area contributed by atoms with Crippen LogP contribution in [-0.2, 0) is 16.9 Å². The van der Waals surface area contributed by atoms with E-state index < -0.39 is 24.4 Å². The molecule has 4 rings (SSSR count). The molecule has 2 heterocycles. The third-order valence-electron chi connectivity index (χ3n) is 5.33. The lowest BCUT2D eigenvalue weighted by Gasteiger charge is -2.22. The molecule has 0 radical (unpaired) electrons. The van der Waals surface area contributed by atoms with E-state index in [-0.39, 0.29) is 0 Å². The van der Waals surface area contributed by atoms with Gasteiger partial charge in [0.15, 0.2) is 5.60 Å². The number of carbonyl (C=O) groups excluding carboxylic acids is 1. The fourth-order valence-electron chi connectivity index (χ4n) is 3.77. The first-order valence-corrected chi connectivity index (χ1v) is 10.3. The number of nitrogens with one attached hydrogen (secondary N) is 1. The van der Waals surface area contributed by atoms with Gasteiger partial charge in [0.05, 0.1) is 5.71 Å². The highest BCUT2D eigenvalue weighted by molar-refractivity contribution is 6.34. The van der Waals surface area contributed by atoms with Crippen LogP contribution in [0.5, 0.6) is 0 Å². The minimum Gasteiger partial charge on any atom is -0.384 e. The molecular formula is C21H18Cl2F3N3O2. The molecule has 2 aliphatic rings. The van der Waals surface area contributed by atoms with E-state index in [0.29, 0.717) is 35.1 Å². The van der Waals surface area contributed by atoms with Gasteiger partial charge in [-0.05, 0) is 54.8 Å². The summed E-state index contributed by atoms with van der Waals surface area (Å²) >= 11 is 12.2. The van der Waals surface area contributed by atoms with Crippen LogP contribution < -0.4 is 10.2 Å². The molecule has 0 spiro atoms. The van der Waals surface area contributed by atoms with Crippen molar-refractivity contribution < 1.29 is 22.8 Å². The number of carbonyl (C=O) groups is 1. The van der Waals surface area contributed by atoms with Crippen molar-refractivity contribution in [2.24, 2.45) is 5.16 Å². The molecule has 0 saturated carbocycles. The second-order valence-electron chi connectivity index (χ2n) is 7.71. The van der Waals surface area contributed by atoms with Gasteiger partial charge in [0.2, 0.25) is 0 Å². The minimum absolute atomic E-state index is 0.310. The Kier molecular flexibility index (Phi) is 5.55. The Morgan fingerprint density at radius 3 is 2.61 bits per heavy atom. The molecular weight excluding hydrogens is 454 g/mol. The summed E-state index contributed by atoms with van der Waals surface area (Å²) in [4.78, 5) is 19.2. The summed E-state index contributed by atoms with van der Waals surface area (Å²) in [7, 11) is 0. The van der Waals surface area contributed by atoms with E-state index in [1.807, 2.05) is 18.3 Å². The van der Waals surface area contributed by atoms with Crippen LogP contribution in [0.3, 0.4) is 0 Å². The van der Waals surface area contributed by atoms with E-state index in [1.54, 1.807) is 30.3 Å². The lowest BCUT2D eigenvalue weighted by molar-refractivity contribution is -0.122. The van der Waals surface area contributed by atoms with Crippen molar-refractivity contribution in [2.45, 2.75) is 31.5 Å². The molecule has 0 saturated heterocycles. The maximum Gasteiger partial charge on any atom is 0.405 e. The zero-order chi connectivity index (χ0) is 22.4. The van der Waals surface area contributed by atoms with E-state index >= 15 is 0 Å². The average molecular weight is 472 g/mol. The molecule has 1 atom stereocenters. The molecule has 1 N–H and O–H groups in total. The number of amides is 2. The summed E-state index contributed by atoms with van der Waals surface area (Å²) in [6, 6.07) is 9.84. The summed E-state index contributed by atoms with van der Waals surface area (Å²) in [5.74, 6) is 0. The van der Waals surface area contributed by atoms with Crippen LogP contribution in [0.1, 0.15) is 30.0 Å². The third kappa shape index (κ3) is 4.60. The highest BCUT2D eigenvalue weighted by Gasteiger charge is 2.38. The Balaban J connectivity index is 1.50. The number of oxime groups is 1. The predicted molar refractivity (Wildman–Crippen MR) is 113 cm³/mol. The molecule has 2 aliphatic heterocycles. The fraction of sp³-hybridized carbons (Fsp3) is 0.333. The molecule has 10 heteroatoms. The zero-order valence-corrected chi connectivity index (χ0v) is 17.9. The summed E-state index contributed by atoms with van der Waals surface area (Å²) < 4.78 is 37.1. The molecule has 1 unspecified atom stereocenters. The Morgan fingerprint density at radius 2 is 1.94 bits per heavy atom. The van der Waals surface area contributed by atoms with Crippen molar-refractivity contribution >= 4 is 40.6 Å². The monoisotopic (exact) mass is 471 g/mol. The van der Waals surface area contributed by atoms with Crippen molar-refractivity contribution in [2.75, 3.05) is 18.0 Å². The van der Waals surface area contributed by atoms with E-state index in [2.05, 4.69) is 5.16 Å². The minimum atomic E-state index is -4.46. The lowest BCUT2D eigenvalue weighted by Crippen LogP contribution is -2.43. The number of halogens is 5. The summed E-state index contributed by atoms with van der Waals surface area (Å²) in [6.07, 6.45) is -3.43. The van der Waals surface area contributed by atoms with Gasteiger partial charge in [-0.15, -0.1) is 0 Å². The van der Waals surface area contributed by atoms with Gasteiger partial charge in [-0.1, -0.05) is 34.4 Å². The standard InChI is InChI=1S/C21H18Cl2F3N3O2/c1-20(14-7-15(22)9-16(23)8-14)10-17(28-31-20)12-2-3-18-13(6-12)4-5-29(18)19(30)27-11-21(24,25)26/h2-3,6-9H,4-5,10-11H2,1H3,(H,27,30). The number of anilines is 1. The summed E-state index contributed by atoms with van der Waals surface area (Å²) in [6.45, 7) is 0.839. The van der Waals surface area contributed by atoms with Crippen molar-refractivity contribution in [3.05, 3.63) is 63.1 Å². The van der Waals surface area contributed by atoms with Crippen molar-refractivity contribution in [1.82, 2.24) is 5.32 Å². The van der Waals surface area contributed by atoms with Gasteiger partial charge in [0, 0.05) is 34.3 Å². The first-order chi connectivity index (χ1) is 14.5. The number of hydrogen-bond acceptors (Lipinski definition) is 3. The van der Waals surface area contributed by atoms with Gasteiger partial charge >= 0.3 is 12.2 Å². The second-order valence-corrected chi connectivity index (χ2v) is 8.59. The number of nitrogens with zero attached hydrogens (tertiary/aromatic N) is 2. The number of fused-ring (bicyclic) bond motifs is 1. The number of rotatable bonds is 3. The van der Waals surface area contributed by atoms with Crippen LogP contribution in [0.15, 0.2) is 41.6 Å². The van der Waals surface area contributed by atoms with Crippen LogP contribution in [-0.4, -0.2) is 31.0 Å². The number of alkyl halides is 3. The Hall–Kier alpha value is -2.45. The fourth-order valence-corrected chi connectivity index (χ4v) is 4.30. The third-order valence-corrected chi connectivity index (χ3v) is 5.77. The molecule has 0 aliphatic carbocycles. The molecule has 164 valence electrons. The van der Waals surface area contributed by atoms with Gasteiger partial charge in [0.1, 0.15) is 6.54 Å². The highest BCUT2D eigenvalue weighted by atomic mass is 35.5. The second kappa shape index (κ2) is 7.91. The van der Waals surface area contributed by atoms with Gasteiger partial charge in [-0.25, -0.2) is 4.79 Å². The van der Waals surface area contributed by atoms with Gasteiger partial charge < -0.3 is 10.2 Å². The first-order valence-electron chi connectivity index (χ1n) is 9.51. The van der Waals surface area contributed by atoms with Crippen LogP contribution in [0.25, 0.3) is 0 Å². The summed E-state index contributed by atoms with van der Waals surface area (Å²) in [5.41, 5.74) is 3.08. The largest absolute Gasteiger partial charge is 0.405 e. The molecule has 2 aromatic rings. The number of urea groups is 1. The van der Waals surface area contributed by atoms with Gasteiger partial charge in [0.25, 0.3) is 0 Å². The van der Waals surface area contributed by atoms with Crippen LogP contribution in [0.4, 0.5) is 23.7 Å². The predicted octanol–water partition coefficient (Wildman–Crippen LogP) is 5.67. The van der Waals surface area contributed by atoms with Crippen LogP contribution >= 0.6 is 23.2 Å². The molecule has 0 fully saturated rings. The Labute approximate surface area is 186 Å². The molecule has 5 nitrogen and oxygen atoms in total. The SMILES string of the molecule is CC1(c2cc(Cl)cc(Cl)c2)CC(c2ccc3c(c2)CCN3C(=O)NCC(F)(F)F)=NO1. The van der Waals surface area contributed by atoms with E-state index in [1.165, 1.54) is 4.90 Å². The summed E-state index contributed by atoms with van der Waals surface area (Å²) in [5, 5.41) is 7.16. The van der Waals surface area contributed by atoms with Crippen molar-refractivity contribution in [3.63, 3.8) is 0 Å². The van der Waals surface area contributed by atoms with E-state index in [0.717, 1.165) is 22.4 Å². The highest BCUT2D eigenvalue weighted by Crippen LogP contribution is 2.39. The van der Waals surface area contributed by atoms with E-state index in [9.17, 15) is 18.0 Å². The molecule has 31 heavy (non-hydrogen) atoms. The normalized spacial score (nSPS) is 20.3. The smallest absolute Gasteiger partial charge is 0.384 e. The van der Waals surface area contributed by atoms with Crippen molar-refractivity contribution in [3.8, 4) is 0 Å². The zero-order valence-electron chi connectivity index (χ0n) is 16.4. The molecule has 2 aromatic carbocycles. The Bertz CT molecular complexity index is 1050. The number of hydrogen-bond donors (Lipinski definition) is 1. The van der Waals surface area contributed by atoms with Crippen molar-refractivity contribution in [1.29, 1.82) is 0 Å².